The van der Waals surface area contributed by atoms with Crippen LogP contribution in [0.15, 0.2) is 121 Å². The highest BCUT2D eigenvalue weighted by molar-refractivity contribution is 6.47. The average Bonchev–Trinajstić information content (AvgIpc) is 3.50. The molecular weight excluding hydrogens is 611 g/mol. The third-order valence-electron chi connectivity index (χ3n) is 11.2. The first kappa shape index (κ1) is 34.2. The first-order valence-electron chi connectivity index (χ1n) is 17.8. The van der Waals surface area contributed by atoms with E-state index in [2.05, 4.69) is 69.3 Å². The molecule has 0 radical (unpaired) electrons. The average molecular weight is 661 g/mol. The fraction of sp³-hybridized carbons (Fsp3) is 0.429. The summed E-state index contributed by atoms with van der Waals surface area (Å²) in [6, 6.07) is 40.4. The van der Waals surface area contributed by atoms with Gasteiger partial charge in [-0.2, -0.15) is 0 Å². The van der Waals surface area contributed by atoms with Crippen molar-refractivity contribution in [1.29, 1.82) is 0 Å². The second kappa shape index (κ2) is 15.3. The van der Waals surface area contributed by atoms with Crippen molar-refractivity contribution in [2.45, 2.75) is 90.0 Å². The standard InChI is InChI=1S/C42H49BO6/c1-41(2)35-24-37(41)42(3)38(25-35)48-43(49-42)40(47-29-34-22-14-7-15-23-34)39(46-28-33-20-12-6-13-21-33)36(45-27-32-18-10-5-11-19-32)30-44-26-31-16-8-4-9-17-31/h4-23,35-40H,24-30H2,1-3H3/t35-,36-,37-,38+,39-,40-,42-/m0/s1. The van der Waals surface area contributed by atoms with Gasteiger partial charge in [-0.15, -0.1) is 0 Å². The minimum atomic E-state index is -0.633. The van der Waals surface area contributed by atoms with E-state index in [1.165, 1.54) is 6.42 Å². The normalized spacial score (nSPS) is 25.6. The Labute approximate surface area is 292 Å². The number of hydrogen-bond donors (Lipinski definition) is 0. The lowest BCUT2D eigenvalue weighted by Crippen LogP contribution is -2.65. The molecule has 0 unspecified atom stereocenters. The molecule has 8 rings (SSSR count). The molecule has 3 saturated carbocycles. The molecule has 256 valence electrons. The second-order valence-corrected chi connectivity index (χ2v) is 14.7. The van der Waals surface area contributed by atoms with Crippen LogP contribution in [0.1, 0.15) is 55.9 Å². The fourth-order valence-electron chi connectivity index (χ4n) is 8.20. The zero-order chi connectivity index (χ0) is 33.7. The molecule has 49 heavy (non-hydrogen) atoms. The van der Waals surface area contributed by atoms with Gasteiger partial charge in [0.2, 0.25) is 0 Å². The van der Waals surface area contributed by atoms with Gasteiger partial charge in [0.05, 0.1) is 44.7 Å². The van der Waals surface area contributed by atoms with Gasteiger partial charge in [-0.25, -0.2) is 0 Å². The van der Waals surface area contributed by atoms with Crippen molar-refractivity contribution in [1.82, 2.24) is 0 Å². The summed E-state index contributed by atoms with van der Waals surface area (Å²) in [4.78, 5) is 0. The minimum Gasteiger partial charge on any atom is -0.404 e. The third-order valence-corrected chi connectivity index (χ3v) is 11.2. The van der Waals surface area contributed by atoms with Crippen molar-refractivity contribution in [2.24, 2.45) is 17.3 Å². The zero-order valence-corrected chi connectivity index (χ0v) is 29.0. The Balaban J connectivity index is 1.20. The van der Waals surface area contributed by atoms with Crippen molar-refractivity contribution in [2.75, 3.05) is 6.61 Å². The molecule has 4 fully saturated rings. The summed E-state index contributed by atoms with van der Waals surface area (Å²) in [5.74, 6) is 1.06. The molecule has 0 amide bonds. The van der Waals surface area contributed by atoms with Gasteiger partial charge in [0.25, 0.3) is 0 Å². The van der Waals surface area contributed by atoms with E-state index in [9.17, 15) is 0 Å². The van der Waals surface area contributed by atoms with E-state index in [0.29, 0.717) is 44.9 Å². The Hall–Kier alpha value is -3.30. The van der Waals surface area contributed by atoms with Crippen molar-refractivity contribution < 1.29 is 28.3 Å². The summed E-state index contributed by atoms with van der Waals surface area (Å²) in [6.45, 7) is 8.95. The molecular formula is C42H49BO6. The van der Waals surface area contributed by atoms with E-state index >= 15 is 0 Å². The van der Waals surface area contributed by atoms with Crippen molar-refractivity contribution in [3.63, 3.8) is 0 Å². The number of benzene rings is 4. The van der Waals surface area contributed by atoms with Crippen LogP contribution in [-0.4, -0.2) is 43.6 Å². The monoisotopic (exact) mass is 660 g/mol. The summed E-state index contributed by atoms with van der Waals surface area (Å²) in [5, 5.41) is 0. The Bertz CT molecular complexity index is 1590. The summed E-state index contributed by atoms with van der Waals surface area (Å²) in [7, 11) is -0.633. The number of hydrogen-bond acceptors (Lipinski definition) is 6. The topological polar surface area (TPSA) is 55.4 Å². The van der Waals surface area contributed by atoms with Crippen LogP contribution in [0.25, 0.3) is 0 Å². The number of rotatable bonds is 16. The van der Waals surface area contributed by atoms with Crippen LogP contribution in [0.2, 0.25) is 0 Å². The van der Waals surface area contributed by atoms with Crippen LogP contribution in [0.4, 0.5) is 0 Å². The maximum absolute atomic E-state index is 7.09. The van der Waals surface area contributed by atoms with Crippen LogP contribution in [0, 0.1) is 17.3 Å². The highest BCUT2D eigenvalue weighted by atomic mass is 16.7. The van der Waals surface area contributed by atoms with Gasteiger partial charge in [0.15, 0.2) is 0 Å². The molecule has 0 aromatic heterocycles. The van der Waals surface area contributed by atoms with E-state index in [1.54, 1.807) is 0 Å². The Kier molecular flexibility index (Phi) is 10.7. The zero-order valence-electron chi connectivity index (χ0n) is 29.0. The Morgan fingerprint density at radius 1 is 0.633 bits per heavy atom. The highest BCUT2D eigenvalue weighted by Crippen LogP contribution is 2.65. The molecule has 3 aliphatic carbocycles. The quantitative estimate of drug-likeness (QED) is 0.113. The third kappa shape index (κ3) is 7.73. The lowest BCUT2D eigenvalue weighted by molar-refractivity contribution is -0.200. The van der Waals surface area contributed by atoms with Gasteiger partial charge < -0.3 is 28.3 Å². The van der Waals surface area contributed by atoms with Crippen LogP contribution in [0.5, 0.6) is 0 Å². The second-order valence-electron chi connectivity index (χ2n) is 14.7. The van der Waals surface area contributed by atoms with Gasteiger partial charge >= 0.3 is 7.12 Å². The summed E-state index contributed by atoms with van der Waals surface area (Å²) in [5.41, 5.74) is 4.14. The number of ether oxygens (including phenoxy) is 4. The van der Waals surface area contributed by atoms with Gasteiger partial charge in [-0.05, 0) is 59.3 Å². The summed E-state index contributed by atoms with van der Waals surface area (Å²) < 4.78 is 41.0. The van der Waals surface area contributed by atoms with Crippen molar-refractivity contribution in [3.05, 3.63) is 144 Å². The van der Waals surface area contributed by atoms with E-state index in [1.807, 2.05) is 72.8 Å². The predicted molar refractivity (Wildman–Crippen MR) is 191 cm³/mol. The molecule has 4 aromatic carbocycles. The van der Waals surface area contributed by atoms with E-state index in [-0.39, 0.29) is 11.5 Å². The van der Waals surface area contributed by atoms with Crippen LogP contribution < -0.4 is 0 Å². The van der Waals surface area contributed by atoms with Crippen LogP contribution in [0.3, 0.4) is 0 Å². The summed E-state index contributed by atoms with van der Waals surface area (Å²) in [6.07, 6.45) is 1.12. The molecule has 1 saturated heterocycles. The van der Waals surface area contributed by atoms with E-state index < -0.39 is 30.9 Å². The molecule has 1 aliphatic heterocycles. The van der Waals surface area contributed by atoms with Gasteiger partial charge in [-0.1, -0.05) is 135 Å². The van der Waals surface area contributed by atoms with E-state index in [0.717, 1.165) is 28.7 Å². The highest BCUT2D eigenvalue weighted by Gasteiger charge is 2.69. The maximum atomic E-state index is 7.09. The van der Waals surface area contributed by atoms with E-state index in [4.69, 9.17) is 28.3 Å². The first-order chi connectivity index (χ1) is 23.9. The smallest absolute Gasteiger partial charge is 0.404 e. The molecule has 0 spiro atoms. The predicted octanol–water partition coefficient (Wildman–Crippen LogP) is 8.23. The lowest BCUT2D eigenvalue weighted by Gasteiger charge is -2.64. The van der Waals surface area contributed by atoms with Crippen LogP contribution in [-0.2, 0) is 54.7 Å². The molecule has 0 N–H and O–H groups in total. The molecule has 6 nitrogen and oxygen atoms in total. The largest absolute Gasteiger partial charge is 0.491 e. The van der Waals surface area contributed by atoms with Gasteiger partial charge in [-0.3, -0.25) is 0 Å². The van der Waals surface area contributed by atoms with Crippen molar-refractivity contribution in [3.8, 4) is 0 Å². The van der Waals surface area contributed by atoms with Crippen LogP contribution >= 0.6 is 0 Å². The minimum absolute atomic E-state index is 0.00453. The molecule has 2 bridgehead atoms. The summed E-state index contributed by atoms with van der Waals surface area (Å²) >= 11 is 0. The molecule has 4 aliphatic rings. The van der Waals surface area contributed by atoms with Gasteiger partial charge in [0, 0.05) is 0 Å². The van der Waals surface area contributed by atoms with Crippen molar-refractivity contribution >= 4 is 7.12 Å². The first-order valence-corrected chi connectivity index (χ1v) is 17.8. The SMILES string of the molecule is CC1(C)[C@@H]2C[C@H]3OB([C@@H](OCc4ccccc4)[C@@H](OCc4ccccc4)[C@H](COCc4ccccc4)OCc4ccccc4)O[C@@]3(C)[C@H]1C2. The fourth-order valence-corrected chi connectivity index (χ4v) is 8.20. The molecule has 4 aromatic rings. The Morgan fingerprint density at radius 2 is 1.12 bits per heavy atom. The maximum Gasteiger partial charge on any atom is 0.491 e. The Morgan fingerprint density at radius 3 is 1.65 bits per heavy atom. The molecule has 1 heterocycles. The molecule has 7 atom stereocenters. The van der Waals surface area contributed by atoms with Gasteiger partial charge in [0.1, 0.15) is 18.2 Å². The molecule has 7 heteroatoms. The lowest BCUT2D eigenvalue weighted by atomic mass is 9.43.